The third-order valence-electron chi connectivity index (χ3n) is 1.73. The molecule has 7 heteroatoms. The normalized spacial score (nSPS) is 10.9. The maximum absolute atomic E-state index is 12.6. The van der Waals surface area contributed by atoms with Crippen LogP contribution in [-0.2, 0) is 19.6 Å². The Morgan fingerprint density at radius 2 is 1.94 bits per heavy atom. The second-order valence-electron chi connectivity index (χ2n) is 3.17. The molecule has 1 aromatic carbocycles. The zero-order valence-electron chi connectivity index (χ0n) is 9.14. The summed E-state index contributed by atoms with van der Waals surface area (Å²) in [5.41, 5.74) is 0.190. The van der Waals surface area contributed by atoms with Crippen LogP contribution >= 0.6 is 0 Å². The average Bonchev–Trinajstić information content (AvgIpc) is 2.20. The fourth-order valence-electron chi connectivity index (χ4n) is 1.09. The van der Waals surface area contributed by atoms with Crippen molar-refractivity contribution in [1.29, 1.82) is 0 Å². The number of carbonyl (C=O) groups is 1. The molecule has 0 aliphatic carbocycles. The maximum atomic E-state index is 12.6. The first-order valence-corrected chi connectivity index (χ1v) is 6.50. The molecule has 0 fully saturated rings. The molecule has 0 atom stereocenters. The van der Waals surface area contributed by atoms with Crippen LogP contribution in [0.5, 0.6) is 0 Å². The lowest BCUT2D eigenvalue weighted by molar-refractivity contribution is -0.139. The van der Waals surface area contributed by atoms with Gasteiger partial charge in [-0.05, 0) is 31.2 Å². The highest BCUT2D eigenvalue weighted by atomic mass is 32.2. The molecule has 0 unspecified atom stereocenters. The number of anilines is 1. The summed E-state index contributed by atoms with van der Waals surface area (Å²) in [4.78, 5) is 11.0. The average molecular weight is 261 g/mol. The van der Waals surface area contributed by atoms with Crippen molar-refractivity contribution in [2.24, 2.45) is 0 Å². The Balaban J connectivity index is 2.66. The van der Waals surface area contributed by atoms with Crippen molar-refractivity contribution in [3.8, 4) is 0 Å². The van der Waals surface area contributed by atoms with Crippen molar-refractivity contribution >= 4 is 21.7 Å². The van der Waals surface area contributed by atoms with Crippen molar-refractivity contribution < 1.29 is 22.3 Å². The van der Waals surface area contributed by atoms with E-state index in [-0.39, 0.29) is 12.3 Å². The molecular formula is C10H12FNO4S. The first-order chi connectivity index (χ1) is 7.93. The van der Waals surface area contributed by atoms with Crippen molar-refractivity contribution in [2.75, 3.05) is 17.1 Å². The van der Waals surface area contributed by atoms with Crippen LogP contribution in [-0.4, -0.2) is 26.7 Å². The van der Waals surface area contributed by atoms with E-state index in [4.69, 9.17) is 0 Å². The number of nitrogens with one attached hydrogen (secondary N) is 1. The summed E-state index contributed by atoms with van der Waals surface area (Å²) in [6.45, 7) is 1.70. The molecule has 1 aromatic rings. The van der Waals surface area contributed by atoms with Crippen LogP contribution in [0.15, 0.2) is 24.3 Å². The lowest BCUT2D eigenvalue weighted by atomic mass is 10.3. The number of ether oxygens (including phenoxy) is 1. The molecule has 0 spiro atoms. The van der Waals surface area contributed by atoms with Crippen molar-refractivity contribution in [2.45, 2.75) is 6.92 Å². The topological polar surface area (TPSA) is 72.5 Å². The van der Waals surface area contributed by atoms with Crippen molar-refractivity contribution in [3.63, 3.8) is 0 Å². The van der Waals surface area contributed by atoms with E-state index in [1.54, 1.807) is 6.92 Å². The number of rotatable bonds is 5. The van der Waals surface area contributed by atoms with Crippen molar-refractivity contribution in [3.05, 3.63) is 30.1 Å². The van der Waals surface area contributed by atoms with E-state index in [2.05, 4.69) is 9.46 Å². The molecule has 0 amide bonds. The van der Waals surface area contributed by atoms with E-state index in [0.29, 0.717) is 0 Å². The van der Waals surface area contributed by atoms with Crippen LogP contribution in [0.4, 0.5) is 10.1 Å². The highest BCUT2D eigenvalue weighted by molar-refractivity contribution is 7.93. The van der Waals surface area contributed by atoms with Gasteiger partial charge in [-0.3, -0.25) is 9.52 Å². The van der Waals surface area contributed by atoms with Crippen LogP contribution < -0.4 is 4.72 Å². The molecule has 0 radical (unpaired) electrons. The summed E-state index contributed by atoms with van der Waals surface area (Å²) in [7, 11) is -3.82. The Labute approximate surface area is 98.6 Å². The number of hydrogen-bond acceptors (Lipinski definition) is 4. The summed E-state index contributed by atoms with van der Waals surface area (Å²) in [5.74, 6) is -2.07. The number of benzene rings is 1. The van der Waals surface area contributed by atoms with Gasteiger partial charge in [0.15, 0.2) is 5.75 Å². The standard InChI is InChI=1S/C10H12FNO4S/c1-2-16-10(13)7-17(14,15)12-9-5-3-8(11)4-6-9/h3-6,12H,2,7H2,1H3. The van der Waals surface area contributed by atoms with Crippen LogP contribution in [0.25, 0.3) is 0 Å². The molecule has 0 aliphatic rings. The van der Waals surface area contributed by atoms with Crippen LogP contribution in [0.1, 0.15) is 6.92 Å². The SMILES string of the molecule is CCOC(=O)CS(=O)(=O)Nc1ccc(F)cc1. The summed E-state index contributed by atoms with van der Waals surface area (Å²) >= 11 is 0. The minimum absolute atomic E-state index is 0.116. The molecule has 0 heterocycles. The van der Waals surface area contributed by atoms with Gasteiger partial charge in [-0.15, -0.1) is 0 Å². The Hall–Kier alpha value is -1.63. The smallest absolute Gasteiger partial charge is 0.323 e. The zero-order chi connectivity index (χ0) is 12.9. The Morgan fingerprint density at radius 1 is 1.35 bits per heavy atom. The first kappa shape index (κ1) is 13.4. The summed E-state index contributed by atoms with van der Waals surface area (Å²) < 4.78 is 42.2. The monoisotopic (exact) mass is 261 g/mol. The molecule has 17 heavy (non-hydrogen) atoms. The van der Waals surface area contributed by atoms with E-state index in [1.165, 1.54) is 12.1 Å². The molecule has 0 saturated heterocycles. The molecule has 1 rings (SSSR count). The number of hydrogen-bond donors (Lipinski definition) is 1. The van der Waals surface area contributed by atoms with Gasteiger partial charge < -0.3 is 4.74 Å². The van der Waals surface area contributed by atoms with Gasteiger partial charge in [-0.1, -0.05) is 0 Å². The number of esters is 1. The molecule has 0 aromatic heterocycles. The molecule has 1 N–H and O–H groups in total. The number of sulfonamides is 1. The first-order valence-electron chi connectivity index (χ1n) is 4.84. The maximum Gasteiger partial charge on any atom is 0.323 e. The molecule has 94 valence electrons. The second-order valence-corrected chi connectivity index (χ2v) is 4.90. The molecule has 0 saturated carbocycles. The van der Waals surface area contributed by atoms with Gasteiger partial charge in [0.05, 0.1) is 6.61 Å². The minimum Gasteiger partial charge on any atom is -0.465 e. The van der Waals surface area contributed by atoms with E-state index in [0.717, 1.165) is 12.1 Å². The van der Waals surface area contributed by atoms with Crippen LogP contribution in [0.2, 0.25) is 0 Å². The van der Waals surface area contributed by atoms with Crippen LogP contribution in [0.3, 0.4) is 0 Å². The van der Waals surface area contributed by atoms with Gasteiger partial charge >= 0.3 is 5.97 Å². The van der Waals surface area contributed by atoms with Gasteiger partial charge in [-0.25, -0.2) is 12.8 Å². The Morgan fingerprint density at radius 3 is 2.47 bits per heavy atom. The Kier molecular flexibility index (Phi) is 4.45. The number of halogens is 1. The zero-order valence-corrected chi connectivity index (χ0v) is 9.96. The van der Waals surface area contributed by atoms with E-state index >= 15 is 0 Å². The third kappa shape index (κ3) is 4.81. The second kappa shape index (κ2) is 5.62. The lowest BCUT2D eigenvalue weighted by Crippen LogP contribution is -2.24. The fourth-order valence-corrected chi connectivity index (χ4v) is 2.05. The van der Waals surface area contributed by atoms with Gasteiger partial charge in [0.1, 0.15) is 5.82 Å². The van der Waals surface area contributed by atoms with Gasteiger partial charge in [0, 0.05) is 5.69 Å². The van der Waals surface area contributed by atoms with E-state index in [1.807, 2.05) is 0 Å². The predicted octanol–water partition coefficient (Wildman–Crippen LogP) is 1.13. The van der Waals surface area contributed by atoms with Gasteiger partial charge in [-0.2, -0.15) is 0 Å². The predicted molar refractivity (Wildman–Crippen MR) is 60.4 cm³/mol. The Bertz CT molecular complexity index is 484. The fraction of sp³-hybridized carbons (Fsp3) is 0.300. The molecule has 5 nitrogen and oxygen atoms in total. The quantitative estimate of drug-likeness (QED) is 0.806. The van der Waals surface area contributed by atoms with Crippen LogP contribution in [0, 0.1) is 5.82 Å². The van der Waals surface area contributed by atoms with Gasteiger partial charge in [0.2, 0.25) is 10.0 Å². The summed E-state index contributed by atoms with van der Waals surface area (Å²) in [6, 6.07) is 4.75. The molecular weight excluding hydrogens is 249 g/mol. The van der Waals surface area contributed by atoms with Gasteiger partial charge in [0.25, 0.3) is 0 Å². The largest absolute Gasteiger partial charge is 0.465 e. The third-order valence-corrected chi connectivity index (χ3v) is 2.89. The summed E-state index contributed by atoms with van der Waals surface area (Å²) in [6.07, 6.45) is 0. The molecule has 0 bridgehead atoms. The van der Waals surface area contributed by atoms with Crippen molar-refractivity contribution in [1.82, 2.24) is 0 Å². The molecule has 0 aliphatic heterocycles. The summed E-state index contributed by atoms with van der Waals surface area (Å²) in [5, 5.41) is 0. The minimum atomic E-state index is -3.82. The highest BCUT2D eigenvalue weighted by Gasteiger charge is 2.17. The lowest BCUT2D eigenvalue weighted by Gasteiger charge is -2.07. The van der Waals surface area contributed by atoms with E-state index < -0.39 is 27.6 Å². The van der Waals surface area contributed by atoms with E-state index in [9.17, 15) is 17.6 Å². The highest BCUT2D eigenvalue weighted by Crippen LogP contribution is 2.10. The number of carbonyl (C=O) groups excluding carboxylic acids is 1.